The molecule has 1 amide bonds. The minimum atomic E-state index is -0.601. The Morgan fingerprint density at radius 2 is 1.93 bits per heavy atom. The Morgan fingerprint density at radius 1 is 1.20 bits per heavy atom. The van der Waals surface area contributed by atoms with Crippen LogP contribution in [0.4, 0.5) is 0 Å². The van der Waals surface area contributed by atoms with Crippen LogP contribution < -0.4 is 16.2 Å². The second-order valence-electron chi connectivity index (χ2n) is 7.57. The SMILES string of the molecule is CCCCC1CC1.CCOc1ccc2cc(C(=NC)/C(C(N)=O)=C(\C)N)ccc2n1. The summed E-state index contributed by atoms with van der Waals surface area (Å²) in [6.07, 6.45) is 7.41. The van der Waals surface area contributed by atoms with Gasteiger partial charge in [-0.2, -0.15) is 0 Å². The number of carbonyl (C=O) groups is 1. The summed E-state index contributed by atoms with van der Waals surface area (Å²) in [5.74, 6) is 1.13. The number of primary amides is 1. The van der Waals surface area contributed by atoms with Crippen molar-refractivity contribution >= 4 is 22.5 Å². The number of nitrogens with zero attached hydrogens (tertiary/aromatic N) is 2. The van der Waals surface area contributed by atoms with Gasteiger partial charge in [0.2, 0.25) is 5.88 Å². The summed E-state index contributed by atoms with van der Waals surface area (Å²) in [6.45, 7) is 6.36. The molecule has 1 fully saturated rings. The fourth-order valence-corrected chi connectivity index (χ4v) is 3.26. The molecule has 1 saturated carbocycles. The molecule has 1 heterocycles. The number of benzene rings is 1. The number of unbranched alkanes of at least 4 members (excludes halogenated alkanes) is 1. The smallest absolute Gasteiger partial charge is 0.252 e. The quantitative estimate of drug-likeness (QED) is 0.498. The molecule has 6 nitrogen and oxygen atoms in total. The zero-order valence-electron chi connectivity index (χ0n) is 18.6. The van der Waals surface area contributed by atoms with Gasteiger partial charge in [-0.1, -0.05) is 45.1 Å². The van der Waals surface area contributed by atoms with Gasteiger partial charge >= 0.3 is 0 Å². The van der Waals surface area contributed by atoms with Crippen molar-refractivity contribution in [3.63, 3.8) is 0 Å². The lowest BCUT2D eigenvalue weighted by Gasteiger charge is -2.11. The lowest BCUT2D eigenvalue weighted by molar-refractivity contribution is -0.114. The largest absolute Gasteiger partial charge is 0.478 e. The van der Waals surface area contributed by atoms with Gasteiger partial charge in [0.25, 0.3) is 5.91 Å². The first kappa shape index (κ1) is 23.4. The molecule has 4 N–H and O–H groups in total. The third kappa shape index (κ3) is 6.58. The van der Waals surface area contributed by atoms with E-state index in [1.807, 2.05) is 31.2 Å². The van der Waals surface area contributed by atoms with Crippen LogP contribution >= 0.6 is 0 Å². The maximum Gasteiger partial charge on any atom is 0.252 e. The number of hydrogen-bond acceptors (Lipinski definition) is 5. The number of fused-ring (bicyclic) bond motifs is 1. The Kier molecular flexibility index (Phi) is 8.84. The molecule has 1 aromatic heterocycles. The maximum atomic E-state index is 11.7. The fourth-order valence-electron chi connectivity index (χ4n) is 3.26. The number of ether oxygens (including phenoxy) is 1. The molecule has 3 rings (SSSR count). The molecular formula is C24H34N4O2. The Labute approximate surface area is 179 Å². The van der Waals surface area contributed by atoms with E-state index < -0.39 is 5.91 Å². The summed E-state index contributed by atoms with van der Waals surface area (Å²) in [7, 11) is 1.60. The highest BCUT2D eigenvalue weighted by atomic mass is 16.5. The molecular weight excluding hydrogens is 376 g/mol. The van der Waals surface area contributed by atoms with E-state index in [9.17, 15) is 4.79 Å². The highest BCUT2D eigenvalue weighted by Gasteiger charge is 2.19. The maximum absolute atomic E-state index is 11.7. The van der Waals surface area contributed by atoms with Gasteiger partial charge < -0.3 is 16.2 Å². The highest BCUT2D eigenvalue weighted by molar-refractivity contribution is 6.28. The number of aromatic nitrogens is 1. The topological polar surface area (TPSA) is 104 Å². The van der Waals surface area contributed by atoms with Crippen molar-refractivity contribution in [2.45, 2.75) is 52.9 Å². The Morgan fingerprint density at radius 3 is 2.47 bits per heavy atom. The molecule has 0 atom stereocenters. The molecule has 162 valence electrons. The zero-order valence-corrected chi connectivity index (χ0v) is 18.6. The Hall–Kier alpha value is -2.89. The van der Waals surface area contributed by atoms with Crippen LogP contribution in [0.2, 0.25) is 0 Å². The monoisotopic (exact) mass is 410 g/mol. The van der Waals surface area contributed by atoms with E-state index >= 15 is 0 Å². The number of allylic oxidation sites excluding steroid dienone is 1. The predicted molar refractivity (Wildman–Crippen MR) is 124 cm³/mol. The zero-order chi connectivity index (χ0) is 22.1. The standard InChI is InChI=1S/C17H20N4O2.C7H14/c1-4-23-14-8-6-11-9-12(5-7-13(11)21-14)16(20-3)15(10(2)18)17(19)22;1-2-3-4-7-5-6-7/h5-9H,4,18H2,1-3H3,(H2,19,22);7H,2-6H2,1H3/b15-10-,20-16?;. The first-order valence-corrected chi connectivity index (χ1v) is 10.7. The molecule has 0 aliphatic heterocycles. The predicted octanol–water partition coefficient (Wildman–Crippen LogP) is 4.36. The van der Waals surface area contributed by atoms with Crippen LogP contribution in [0.15, 0.2) is 46.6 Å². The molecule has 1 aliphatic carbocycles. The van der Waals surface area contributed by atoms with Crippen molar-refractivity contribution in [3.8, 4) is 5.88 Å². The summed E-state index contributed by atoms with van der Waals surface area (Å²) in [6, 6.07) is 9.29. The lowest BCUT2D eigenvalue weighted by Crippen LogP contribution is -2.25. The first-order valence-electron chi connectivity index (χ1n) is 10.7. The highest BCUT2D eigenvalue weighted by Crippen LogP contribution is 2.33. The number of amides is 1. The van der Waals surface area contributed by atoms with Crippen molar-refractivity contribution in [1.29, 1.82) is 0 Å². The molecule has 0 unspecified atom stereocenters. The number of rotatable bonds is 8. The van der Waals surface area contributed by atoms with Crippen molar-refractivity contribution in [1.82, 2.24) is 4.98 Å². The van der Waals surface area contributed by atoms with Crippen LogP contribution in [0.5, 0.6) is 5.88 Å². The molecule has 0 saturated heterocycles. The van der Waals surface area contributed by atoms with Crippen molar-refractivity contribution < 1.29 is 9.53 Å². The summed E-state index contributed by atoms with van der Waals surface area (Å²) in [5.41, 5.74) is 13.8. The summed E-state index contributed by atoms with van der Waals surface area (Å²) in [4.78, 5) is 20.3. The molecule has 2 aromatic rings. The average molecular weight is 411 g/mol. The van der Waals surface area contributed by atoms with Gasteiger partial charge in [0, 0.05) is 29.8 Å². The average Bonchev–Trinajstić information content (AvgIpc) is 3.54. The summed E-state index contributed by atoms with van der Waals surface area (Å²) < 4.78 is 5.39. The van der Waals surface area contributed by atoms with Gasteiger partial charge in [-0.25, -0.2) is 4.98 Å². The van der Waals surface area contributed by atoms with Crippen molar-refractivity contribution in [3.05, 3.63) is 47.2 Å². The van der Waals surface area contributed by atoms with Gasteiger partial charge in [-0.3, -0.25) is 9.79 Å². The third-order valence-electron chi connectivity index (χ3n) is 4.99. The molecule has 30 heavy (non-hydrogen) atoms. The van der Waals surface area contributed by atoms with Crippen LogP contribution in [0.25, 0.3) is 10.9 Å². The normalized spacial score (nSPS) is 14.6. The minimum Gasteiger partial charge on any atom is -0.478 e. The van der Waals surface area contributed by atoms with Crippen LogP contribution in [-0.4, -0.2) is 30.3 Å². The van der Waals surface area contributed by atoms with E-state index in [0.717, 1.165) is 22.4 Å². The summed E-state index contributed by atoms with van der Waals surface area (Å²) in [5, 5.41) is 0.908. The van der Waals surface area contributed by atoms with Crippen LogP contribution in [-0.2, 0) is 4.79 Å². The molecule has 0 radical (unpaired) electrons. The van der Waals surface area contributed by atoms with E-state index in [4.69, 9.17) is 16.2 Å². The van der Waals surface area contributed by atoms with Gasteiger partial charge in [0.05, 0.1) is 23.4 Å². The van der Waals surface area contributed by atoms with Crippen molar-refractivity contribution in [2.24, 2.45) is 22.4 Å². The van der Waals surface area contributed by atoms with E-state index in [0.29, 0.717) is 23.9 Å². The van der Waals surface area contributed by atoms with Gasteiger partial charge in [0.1, 0.15) is 0 Å². The second-order valence-corrected chi connectivity index (χ2v) is 7.57. The molecule has 1 aliphatic rings. The van der Waals surface area contributed by atoms with Crippen molar-refractivity contribution in [2.75, 3.05) is 13.7 Å². The second kappa shape index (κ2) is 11.3. The van der Waals surface area contributed by atoms with Gasteiger partial charge in [0.15, 0.2) is 0 Å². The number of hydrogen-bond donors (Lipinski definition) is 2. The van der Waals surface area contributed by atoms with Crippen LogP contribution in [0.3, 0.4) is 0 Å². The Bertz CT molecular complexity index is 926. The first-order chi connectivity index (χ1) is 14.4. The number of nitrogens with two attached hydrogens (primary N) is 2. The fraction of sp³-hybridized carbons (Fsp3) is 0.458. The van der Waals surface area contributed by atoms with Gasteiger partial charge in [-0.05, 0) is 38.0 Å². The van der Waals surface area contributed by atoms with Crippen LogP contribution in [0.1, 0.15) is 58.4 Å². The lowest BCUT2D eigenvalue weighted by atomic mass is 9.98. The van der Waals surface area contributed by atoms with E-state index in [1.54, 1.807) is 20.0 Å². The van der Waals surface area contributed by atoms with Crippen LogP contribution in [0, 0.1) is 5.92 Å². The number of carbonyl (C=O) groups excluding carboxylic acids is 1. The molecule has 6 heteroatoms. The van der Waals surface area contributed by atoms with E-state index in [-0.39, 0.29) is 5.57 Å². The number of aliphatic imine (C=N–C) groups is 1. The Balaban J connectivity index is 0.000000386. The summed E-state index contributed by atoms with van der Waals surface area (Å²) >= 11 is 0. The molecule has 1 aromatic carbocycles. The van der Waals surface area contributed by atoms with E-state index in [1.165, 1.54) is 32.1 Å². The third-order valence-corrected chi connectivity index (χ3v) is 4.99. The number of pyridine rings is 1. The minimum absolute atomic E-state index is 0.228. The molecule has 0 spiro atoms. The van der Waals surface area contributed by atoms with Gasteiger partial charge in [-0.15, -0.1) is 0 Å². The molecule has 0 bridgehead atoms. The van der Waals surface area contributed by atoms with E-state index in [2.05, 4.69) is 16.9 Å².